The van der Waals surface area contributed by atoms with Gasteiger partial charge in [0.1, 0.15) is 5.75 Å². The third kappa shape index (κ3) is 5.22. The van der Waals surface area contributed by atoms with E-state index < -0.39 is 15.9 Å². The summed E-state index contributed by atoms with van der Waals surface area (Å²) < 4.78 is 34.1. The molecule has 0 saturated heterocycles. The number of methoxy groups -OCH3 is 1. The predicted molar refractivity (Wildman–Crippen MR) is 118 cm³/mol. The lowest BCUT2D eigenvalue weighted by atomic mass is 10.2. The van der Waals surface area contributed by atoms with Gasteiger partial charge in [-0.05, 0) is 42.8 Å². The molecule has 3 rings (SSSR count). The Morgan fingerprint density at radius 2 is 1.68 bits per heavy atom. The van der Waals surface area contributed by atoms with E-state index in [1.165, 1.54) is 35.7 Å². The molecule has 0 bridgehead atoms. The summed E-state index contributed by atoms with van der Waals surface area (Å²) in [6.45, 7) is 2.12. The van der Waals surface area contributed by atoms with Gasteiger partial charge in [0.25, 0.3) is 15.9 Å². The number of ether oxygens (including phenoxy) is 1. The molecule has 31 heavy (non-hydrogen) atoms. The van der Waals surface area contributed by atoms with Crippen LogP contribution >= 0.6 is 0 Å². The molecule has 0 spiro atoms. The Kier molecular flexibility index (Phi) is 7.28. The molecule has 0 aliphatic rings. The number of benzene rings is 3. The number of hydrogen-bond acceptors (Lipinski definition) is 5. The van der Waals surface area contributed by atoms with Crippen LogP contribution in [0.25, 0.3) is 0 Å². The number of nitrogens with zero attached hydrogens (tertiary/aromatic N) is 1. The lowest BCUT2D eigenvalue weighted by Crippen LogP contribution is -2.31. The number of rotatable bonds is 9. The molecule has 1 amide bonds. The number of hydroxylamine groups is 1. The van der Waals surface area contributed by atoms with E-state index in [2.05, 4.69) is 5.48 Å². The van der Waals surface area contributed by atoms with E-state index >= 15 is 0 Å². The Labute approximate surface area is 182 Å². The number of carbonyl (C=O) groups excluding carboxylic acids is 1. The molecule has 0 unspecified atom stereocenters. The van der Waals surface area contributed by atoms with E-state index in [1.807, 2.05) is 30.3 Å². The first-order chi connectivity index (χ1) is 15.0. The Balaban J connectivity index is 2.06. The fraction of sp³-hybridized carbons (Fsp3) is 0.174. The van der Waals surface area contributed by atoms with Crippen molar-refractivity contribution in [3.05, 3.63) is 90.0 Å². The second-order valence-electron chi connectivity index (χ2n) is 6.56. The molecule has 0 heterocycles. The molecule has 3 aromatic rings. The molecule has 3 aromatic carbocycles. The minimum absolute atomic E-state index is 0.0153. The first-order valence-corrected chi connectivity index (χ1v) is 11.1. The Morgan fingerprint density at radius 1 is 0.968 bits per heavy atom. The minimum atomic E-state index is -4.03. The quantitative estimate of drug-likeness (QED) is 0.512. The van der Waals surface area contributed by atoms with Crippen LogP contribution in [0.3, 0.4) is 0 Å². The second-order valence-corrected chi connectivity index (χ2v) is 8.42. The highest BCUT2D eigenvalue weighted by Crippen LogP contribution is 2.33. The van der Waals surface area contributed by atoms with Crippen molar-refractivity contribution in [2.24, 2.45) is 0 Å². The lowest BCUT2D eigenvalue weighted by Gasteiger charge is -2.26. The molecular weight excluding hydrogens is 416 g/mol. The van der Waals surface area contributed by atoms with Crippen molar-refractivity contribution in [2.45, 2.75) is 18.4 Å². The van der Waals surface area contributed by atoms with Gasteiger partial charge < -0.3 is 4.74 Å². The SMILES string of the molecule is CCONC(=O)c1cccc(S(=O)(=O)N(Cc2ccccc2)c2ccccc2OC)c1. The fourth-order valence-corrected chi connectivity index (χ4v) is 4.52. The number of nitrogens with one attached hydrogen (secondary N) is 1. The molecule has 0 aliphatic heterocycles. The molecule has 8 heteroatoms. The highest BCUT2D eigenvalue weighted by atomic mass is 32.2. The molecule has 0 saturated carbocycles. The van der Waals surface area contributed by atoms with Gasteiger partial charge in [-0.15, -0.1) is 0 Å². The maximum absolute atomic E-state index is 13.7. The molecule has 7 nitrogen and oxygen atoms in total. The third-order valence-corrected chi connectivity index (χ3v) is 6.27. The van der Waals surface area contributed by atoms with Crippen molar-refractivity contribution in [1.82, 2.24) is 5.48 Å². The Morgan fingerprint density at radius 3 is 2.39 bits per heavy atom. The number of anilines is 1. The summed E-state index contributed by atoms with van der Waals surface area (Å²) >= 11 is 0. The van der Waals surface area contributed by atoms with E-state index in [0.717, 1.165) is 5.56 Å². The summed E-state index contributed by atoms with van der Waals surface area (Å²) in [5, 5.41) is 0. The van der Waals surface area contributed by atoms with Gasteiger partial charge in [0.15, 0.2) is 0 Å². The van der Waals surface area contributed by atoms with E-state index in [1.54, 1.807) is 31.2 Å². The number of hydrogen-bond donors (Lipinski definition) is 1. The largest absolute Gasteiger partial charge is 0.495 e. The average Bonchev–Trinajstić information content (AvgIpc) is 2.81. The number of carbonyl (C=O) groups is 1. The first-order valence-electron chi connectivity index (χ1n) is 9.69. The van der Waals surface area contributed by atoms with Gasteiger partial charge in [-0.3, -0.25) is 13.9 Å². The van der Waals surface area contributed by atoms with Crippen LogP contribution in [0.4, 0.5) is 5.69 Å². The molecule has 0 atom stereocenters. The molecule has 0 fully saturated rings. The van der Waals surface area contributed by atoms with Crippen molar-refractivity contribution in [1.29, 1.82) is 0 Å². The summed E-state index contributed by atoms with van der Waals surface area (Å²) in [5.41, 5.74) is 3.66. The maximum atomic E-state index is 13.7. The second kappa shape index (κ2) is 10.1. The van der Waals surface area contributed by atoms with Gasteiger partial charge in [-0.25, -0.2) is 13.9 Å². The maximum Gasteiger partial charge on any atom is 0.274 e. The summed E-state index contributed by atoms with van der Waals surface area (Å²) in [7, 11) is -2.54. The summed E-state index contributed by atoms with van der Waals surface area (Å²) in [4.78, 5) is 17.2. The smallest absolute Gasteiger partial charge is 0.274 e. The monoisotopic (exact) mass is 440 g/mol. The van der Waals surface area contributed by atoms with Crippen LogP contribution < -0.4 is 14.5 Å². The molecular formula is C23H24N2O5S. The van der Waals surface area contributed by atoms with Gasteiger partial charge in [-0.2, -0.15) is 0 Å². The zero-order valence-electron chi connectivity index (χ0n) is 17.3. The average molecular weight is 441 g/mol. The van der Waals surface area contributed by atoms with Crippen molar-refractivity contribution >= 4 is 21.6 Å². The third-order valence-electron chi connectivity index (χ3n) is 4.52. The lowest BCUT2D eigenvalue weighted by molar-refractivity contribution is 0.0364. The highest BCUT2D eigenvalue weighted by molar-refractivity contribution is 7.92. The van der Waals surface area contributed by atoms with Crippen molar-refractivity contribution in [3.8, 4) is 5.75 Å². The van der Waals surface area contributed by atoms with Crippen LogP contribution in [-0.2, 0) is 21.4 Å². The van der Waals surface area contributed by atoms with Crippen LogP contribution in [0.1, 0.15) is 22.8 Å². The van der Waals surface area contributed by atoms with Crippen LogP contribution in [0.15, 0.2) is 83.8 Å². The van der Waals surface area contributed by atoms with Crippen molar-refractivity contribution in [3.63, 3.8) is 0 Å². The normalized spacial score (nSPS) is 11.0. The predicted octanol–water partition coefficient (Wildman–Crippen LogP) is 3.77. The van der Waals surface area contributed by atoms with Crippen LogP contribution in [-0.4, -0.2) is 28.0 Å². The van der Waals surface area contributed by atoms with Crippen molar-refractivity contribution < 1.29 is 22.8 Å². The first kappa shape index (κ1) is 22.3. The topological polar surface area (TPSA) is 84.9 Å². The standard InChI is InChI=1S/C23H24N2O5S/c1-3-30-24-23(26)19-12-9-13-20(16-19)31(27,28)25(17-18-10-5-4-6-11-18)21-14-7-8-15-22(21)29-2/h4-16H,3,17H2,1-2H3,(H,24,26). The summed E-state index contributed by atoms with van der Waals surface area (Å²) in [6.07, 6.45) is 0. The number of sulfonamides is 1. The van der Waals surface area contributed by atoms with Gasteiger partial charge in [0.2, 0.25) is 0 Å². The molecule has 0 aliphatic carbocycles. The summed E-state index contributed by atoms with van der Waals surface area (Å²) in [5.74, 6) is -0.0990. The van der Waals surface area contributed by atoms with Crippen LogP contribution in [0.5, 0.6) is 5.75 Å². The van der Waals surface area contributed by atoms with Crippen LogP contribution in [0.2, 0.25) is 0 Å². The van der Waals surface area contributed by atoms with Gasteiger partial charge in [-0.1, -0.05) is 48.5 Å². The zero-order valence-corrected chi connectivity index (χ0v) is 18.1. The molecule has 0 radical (unpaired) electrons. The Hall–Kier alpha value is -3.36. The molecule has 0 aromatic heterocycles. The Bertz CT molecular complexity index is 1130. The zero-order chi connectivity index (χ0) is 22.3. The molecule has 162 valence electrons. The number of para-hydroxylation sites is 2. The van der Waals surface area contributed by atoms with Gasteiger partial charge in [0.05, 0.1) is 30.8 Å². The summed E-state index contributed by atoms with van der Waals surface area (Å²) in [6, 6.07) is 22.0. The van der Waals surface area contributed by atoms with E-state index in [9.17, 15) is 13.2 Å². The number of amides is 1. The fourth-order valence-electron chi connectivity index (χ4n) is 3.01. The minimum Gasteiger partial charge on any atom is -0.495 e. The molecule has 1 N–H and O–H groups in total. The van der Waals surface area contributed by atoms with Crippen LogP contribution in [0, 0.1) is 0 Å². The van der Waals surface area contributed by atoms with E-state index in [4.69, 9.17) is 9.57 Å². The van der Waals surface area contributed by atoms with E-state index in [-0.39, 0.29) is 17.0 Å². The van der Waals surface area contributed by atoms with Gasteiger partial charge >= 0.3 is 0 Å². The van der Waals surface area contributed by atoms with Crippen molar-refractivity contribution in [2.75, 3.05) is 18.0 Å². The van der Waals surface area contributed by atoms with Gasteiger partial charge in [0, 0.05) is 5.56 Å². The van der Waals surface area contributed by atoms with E-state index in [0.29, 0.717) is 18.0 Å². The highest BCUT2D eigenvalue weighted by Gasteiger charge is 2.28.